The van der Waals surface area contributed by atoms with E-state index in [1.807, 2.05) is 29.6 Å². The van der Waals surface area contributed by atoms with Gasteiger partial charge in [-0.2, -0.15) is 4.31 Å². The summed E-state index contributed by atoms with van der Waals surface area (Å²) in [6.45, 7) is 2.04. The van der Waals surface area contributed by atoms with Crippen molar-refractivity contribution in [1.82, 2.24) is 9.29 Å². The molecule has 4 rings (SSSR count). The Morgan fingerprint density at radius 1 is 1.06 bits per heavy atom. The first kappa shape index (κ1) is 23.0. The maximum absolute atomic E-state index is 13.0. The lowest BCUT2D eigenvalue weighted by atomic mass is 10.1. The highest BCUT2D eigenvalue weighted by Gasteiger charge is 2.30. The molecule has 1 fully saturated rings. The maximum atomic E-state index is 13.0. The molecule has 0 aliphatic carbocycles. The van der Waals surface area contributed by atoms with Gasteiger partial charge in [0.2, 0.25) is 10.0 Å². The molecule has 0 N–H and O–H groups in total. The average molecular weight is 538 g/mol. The fourth-order valence-corrected chi connectivity index (χ4v) is 6.89. The number of aromatic nitrogens is 1. The quantitative estimate of drug-likeness (QED) is 0.453. The summed E-state index contributed by atoms with van der Waals surface area (Å²) in [6.07, 6.45) is 0.653. The van der Waals surface area contributed by atoms with Gasteiger partial charge in [0.15, 0.2) is 5.13 Å². The van der Waals surface area contributed by atoms with E-state index >= 15 is 0 Å². The summed E-state index contributed by atoms with van der Waals surface area (Å²) in [4.78, 5) is 7.24. The predicted octanol–water partition coefficient (Wildman–Crippen LogP) is 4.02. The number of methoxy groups -OCH3 is 2. The lowest BCUT2D eigenvalue weighted by molar-refractivity contribution is 0.384. The molecule has 0 amide bonds. The molecule has 1 aliphatic heterocycles. The molecular formula is C22H24BrN3O4S2. The molecule has 0 atom stereocenters. The van der Waals surface area contributed by atoms with Crippen LogP contribution in [0.1, 0.15) is 11.3 Å². The molecule has 2 aromatic carbocycles. The van der Waals surface area contributed by atoms with Gasteiger partial charge in [-0.25, -0.2) is 13.4 Å². The zero-order valence-corrected chi connectivity index (χ0v) is 21.0. The molecule has 3 aromatic rings. The molecule has 32 heavy (non-hydrogen) atoms. The van der Waals surface area contributed by atoms with E-state index < -0.39 is 10.0 Å². The van der Waals surface area contributed by atoms with Crippen molar-refractivity contribution < 1.29 is 17.9 Å². The summed E-state index contributed by atoms with van der Waals surface area (Å²) in [5.41, 5.74) is 1.99. The molecule has 1 saturated heterocycles. The standard InChI is InChI=1S/C22H24BrN3O4S2/c1-29-18-8-7-16(20(14-18)30-2)13-17-15-31-22(24-17)25-9-11-26(12-10-25)32(27,28)21-6-4-3-5-19(21)23/h3-8,14-15H,9-13H2,1-2H3. The Morgan fingerprint density at radius 2 is 1.81 bits per heavy atom. The number of thiazole rings is 1. The molecule has 2 heterocycles. The molecule has 1 aromatic heterocycles. The zero-order chi connectivity index (χ0) is 22.7. The zero-order valence-electron chi connectivity index (χ0n) is 17.8. The summed E-state index contributed by atoms with van der Waals surface area (Å²) < 4.78 is 38.9. The Bertz CT molecular complexity index is 1190. The van der Waals surface area contributed by atoms with Crippen LogP contribution in [0.5, 0.6) is 11.5 Å². The van der Waals surface area contributed by atoms with E-state index in [0.717, 1.165) is 27.9 Å². The molecule has 0 bridgehead atoms. The van der Waals surface area contributed by atoms with Crippen molar-refractivity contribution in [3.8, 4) is 11.5 Å². The predicted molar refractivity (Wildman–Crippen MR) is 130 cm³/mol. The summed E-state index contributed by atoms with van der Waals surface area (Å²) in [7, 11) is -0.254. The van der Waals surface area contributed by atoms with E-state index in [2.05, 4.69) is 20.8 Å². The maximum Gasteiger partial charge on any atom is 0.244 e. The van der Waals surface area contributed by atoms with Gasteiger partial charge in [0.05, 0.1) is 24.8 Å². The van der Waals surface area contributed by atoms with Gasteiger partial charge in [-0.15, -0.1) is 11.3 Å². The van der Waals surface area contributed by atoms with Crippen LogP contribution in [0, 0.1) is 0 Å². The summed E-state index contributed by atoms with van der Waals surface area (Å²) >= 11 is 4.93. The number of anilines is 1. The molecule has 0 radical (unpaired) electrons. The van der Waals surface area contributed by atoms with Gasteiger partial charge < -0.3 is 14.4 Å². The van der Waals surface area contributed by atoms with E-state index in [-0.39, 0.29) is 0 Å². The molecule has 7 nitrogen and oxygen atoms in total. The first-order valence-electron chi connectivity index (χ1n) is 10.1. The van der Waals surface area contributed by atoms with Crippen molar-refractivity contribution in [2.45, 2.75) is 11.3 Å². The average Bonchev–Trinajstić information content (AvgIpc) is 3.28. The van der Waals surface area contributed by atoms with Crippen molar-refractivity contribution >= 4 is 42.4 Å². The Kier molecular flexibility index (Phi) is 7.04. The van der Waals surface area contributed by atoms with Crippen molar-refractivity contribution in [1.29, 1.82) is 0 Å². The van der Waals surface area contributed by atoms with Gasteiger partial charge in [0.25, 0.3) is 0 Å². The third kappa shape index (κ3) is 4.78. The van der Waals surface area contributed by atoms with Crippen LogP contribution < -0.4 is 14.4 Å². The second-order valence-corrected chi connectivity index (χ2v) is 10.9. The van der Waals surface area contributed by atoms with Crippen molar-refractivity contribution in [3.63, 3.8) is 0 Å². The number of sulfonamides is 1. The van der Waals surface area contributed by atoms with E-state index in [1.54, 1.807) is 48.1 Å². The lowest BCUT2D eigenvalue weighted by Crippen LogP contribution is -2.48. The highest BCUT2D eigenvalue weighted by Crippen LogP contribution is 2.30. The highest BCUT2D eigenvalue weighted by atomic mass is 79.9. The first-order valence-corrected chi connectivity index (χ1v) is 13.2. The highest BCUT2D eigenvalue weighted by molar-refractivity contribution is 9.10. The van der Waals surface area contributed by atoms with Gasteiger partial charge in [-0.1, -0.05) is 18.2 Å². The van der Waals surface area contributed by atoms with E-state index in [4.69, 9.17) is 14.5 Å². The van der Waals surface area contributed by atoms with E-state index in [0.29, 0.717) is 42.0 Å². The summed E-state index contributed by atoms with van der Waals surface area (Å²) in [6, 6.07) is 12.7. The number of benzene rings is 2. The minimum Gasteiger partial charge on any atom is -0.497 e. The molecule has 0 unspecified atom stereocenters. The van der Waals surface area contributed by atoms with Crippen LogP contribution in [0.2, 0.25) is 0 Å². The van der Waals surface area contributed by atoms with Gasteiger partial charge in [-0.05, 0) is 34.1 Å². The first-order chi connectivity index (χ1) is 15.4. The number of piperazine rings is 1. The van der Waals surface area contributed by atoms with Crippen molar-refractivity contribution in [2.75, 3.05) is 45.3 Å². The fraction of sp³-hybridized carbons (Fsp3) is 0.318. The van der Waals surface area contributed by atoms with E-state index in [1.165, 1.54) is 0 Å². The molecular weight excluding hydrogens is 514 g/mol. The summed E-state index contributed by atoms with van der Waals surface area (Å²) in [5.74, 6) is 1.52. The third-order valence-corrected chi connectivity index (χ3v) is 9.23. The van der Waals surface area contributed by atoms with Crippen LogP contribution in [0.3, 0.4) is 0 Å². The van der Waals surface area contributed by atoms with Crippen LogP contribution in [0.4, 0.5) is 5.13 Å². The van der Waals surface area contributed by atoms with E-state index in [9.17, 15) is 8.42 Å². The lowest BCUT2D eigenvalue weighted by Gasteiger charge is -2.34. The molecule has 0 saturated carbocycles. The van der Waals surface area contributed by atoms with Gasteiger partial charge >= 0.3 is 0 Å². The topological polar surface area (TPSA) is 72.0 Å². The van der Waals surface area contributed by atoms with Crippen LogP contribution in [-0.4, -0.2) is 58.1 Å². The molecule has 0 spiro atoms. The molecule has 1 aliphatic rings. The molecule has 170 valence electrons. The Hall–Kier alpha value is -2.14. The monoisotopic (exact) mass is 537 g/mol. The third-order valence-electron chi connectivity index (χ3n) is 5.37. The Labute approximate surface area is 200 Å². The van der Waals surface area contributed by atoms with Crippen LogP contribution in [0.15, 0.2) is 57.2 Å². The van der Waals surface area contributed by atoms with Crippen molar-refractivity contribution in [2.24, 2.45) is 0 Å². The van der Waals surface area contributed by atoms with Gasteiger partial charge in [-0.3, -0.25) is 0 Å². The van der Waals surface area contributed by atoms with Crippen molar-refractivity contribution in [3.05, 3.63) is 63.6 Å². The minimum absolute atomic E-state index is 0.304. The number of ether oxygens (including phenoxy) is 2. The second kappa shape index (κ2) is 9.78. The summed E-state index contributed by atoms with van der Waals surface area (Å²) in [5, 5.41) is 2.95. The second-order valence-electron chi connectivity index (χ2n) is 7.30. The van der Waals surface area contributed by atoms with Gasteiger partial charge in [0, 0.05) is 54.1 Å². The Balaban J connectivity index is 1.42. The SMILES string of the molecule is COc1ccc(Cc2csc(N3CCN(S(=O)(=O)c4ccccc4Br)CC3)n2)c(OC)c1. The largest absolute Gasteiger partial charge is 0.497 e. The smallest absolute Gasteiger partial charge is 0.244 e. The fourth-order valence-electron chi connectivity index (χ4n) is 3.63. The number of rotatable bonds is 7. The van der Waals surface area contributed by atoms with Crippen LogP contribution in [-0.2, 0) is 16.4 Å². The minimum atomic E-state index is -3.53. The number of halogens is 1. The normalized spacial score (nSPS) is 15.0. The number of hydrogen-bond acceptors (Lipinski definition) is 7. The number of nitrogens with zero attached hydrogens (tertiary/aromatic N) is 3. The van der Waals surface area contributed by atoms with Crippen LogP contribution >= 0.6 is 27.3 Å². The Morgan fingerprint density at radius 3 is 2.50 bits per heavy atom. The van der Waals surface area contributed by atoms with Crippen LogP contribution in [0.25, 0.3) is 0 Å². The van der Waals surface area contributed by atoms with Gasteiger partial charge in [0.1, 0.15) is 11.5 Å². The molecule has 10 heteroatoms. The number of hydrogen-bond donors (Lipinski definition) is 0.